The molecule has 2 aromatic rings. The van der Waals surface area contributed by atoms with Crippen molar-refractivity contribution >= 4 is 17.4 Å². The highest BCUT2D eigenvalue weighted by molar-refractivity contribution is 6.35. The Labute approximate surface area is 193 Å². The fourth-order valence-electron chi connectivity index (χ4n) is 3.68. The van der Waals surface area contributed by atoms with Crippen LogP contribution in [0.3, 0.4) is 0 Å². The highest BCUT2D eigenvalue weighted by Gasteiger charge is 2.41. The first-order valence-electron chi connectivity index (χ1n) is 10.8. The van der Waals surface area contributed by atoms with E-state index in [0.29, 0.717) is 44.2 Å². The third-order valence-electron chi connectivity index (χ3n) is 5.33. The third kappa shape index (κ3) is 5.58. The Morgan fingerprint density at radius 2 is 1.55 bits per heavy atom. The van der Waals surface area contributed by atoms with Gasteiger partial charge >= 0.3 is 0 Å². The minimum Gasteiger partial charge on any atom is -0.494 e. The van der Waals surface area contributed by atoms with Gasteiger partial charge in [0.15, 0.2) is 0 Å². The van der Waals surface area contributed by atoms with Crippen LogP contribution in [0.4, 0.5) is 4.39 Å². The molecule has 176 valence electrons. The molecule has 3 rings (SSSR count). The predicted molar refractivity (Wildman–Crippen MR) is 122 cm³/mol. The minimum absolute atomic E-state index is 0.156. The lowest BCUT2D eigenvalue weighted by atomic mass is 10.0. The number of amides is 2. The van der Waals surface area contributed by atoms with E-state index < -0.39 is 17.6 Å². The molecule has 2 amide bonds. The highest BCUT2D eigenvalue weighted by atomic mass is 19.1. The number of carbonyl (C=O) groups is 2. The summed E-state index contributed by atoms with van der Waals surface area (Å²) < 4.78 is 30.2. The lowest BCUT2D eigenvalue weighted by Gasteiger charge is -2.25. The standard InChI is InChI=1S/C25H29FN2O5/c1-4-33-20-11-9-18(10-12-20)22-23(27(13-15-31-2)14-16-32-3)25(30)28(24(22)29)17-19-7-5-6-8-21(19)26/h5-12H,4,13-17H2,1-3H3. The molecule has 0 spiro atoms. The summed E-state index contributed by atoms with van der Waals surface area (Å²) in [6.45, 7) is 3.75. The SMILES string of the molecule is CCOc1ccc(C2=C(N(CCOC)CCOC)C(=O)N(Cc3ccccc3F)C2=O)cc1. The van der Waals surface area contributed by atoms with Crippen molar-refractivity contribution < 1.29 is 28.2 Å². The molecule has 0 aromatic heterocycles. The van der Waals surface area contributed by atoms with Gasteiger partial charge in [-0.3, -0.25) is 14.5 Å². The number of nitrogens with zero attached hydrogens (tertiary/aromatic N) is 2. The van der Waals surface area contributed by atoms with Crippen LogP contribution in [0.1, 0.15) is 18.1 Å². The molecule has 0 bridgehead atoms. The smallest absolute Gasteiger partial charge is 0.278 e. The zero-order chi connectivity index (χ0) is 23.8. The molecule has 8 heteroatoms. The van der Waals surface area contributed by atoms with Crippen LogP contribution >= 0.6 is 0 Å². The molecule has 2 aromatic carbocycles. The quantitative estimate of drug-likeness (QED) is 0.457. The maximum absolute atomic E-state index is 14.3. The number of benzene rings is 2. The van der Waals surface area contributed by atoms with Crippen LogP contribution in [0.5, 0.6) is 5.75 Å². The Balaban J connectivity index is 2.04. The molecule has 0 fully saturated rings. The van der Waals surface area contributed by atoms with E-state index in [-0.39, 0.29) is 23.4 Å². The van der Waals surface area contributed by atoms with Crippen LogP contribution < -0.4 is 4.74 Å². The van der Waals surface area contributed by atoms with E-state index >= 15 is 0 Å². The van der Waals surface area contributed by atoms with E-state index in [2.05, 4.69) is 0 Å². The number of rotatable bonds is 12. The molecule has 0 N–H and O–H groups in total. The van der Waals surface area contributed by atoms with E-state index in [1.54, 1.807) is 61.6 Å². The summed E-state index contributed by atoms with van der Waals surface area (Å²) >= 11 is 0. The van der Waals surface area contributed by atoms with Gasteiger partial charge in [-0.15, -0.1) is 0 Å². The Hall–Kier alpha value is -3.23. The van der Waals surface area contributed by atoms with Gasteiger partial charge in [-0.25, -0.2) is 4.39 Å². The third-order valence-corrected chi connectivity index (χ3v) is 5.33. The fraction of sp³-hybridized carbons (Fsp3) is 0.360. The number of ether oxygens (including phenoxy) is 3. The number of imide groups is 1. The molecule has 0 atom stereocenters. The monoisotopic (exact) mass is 456 g/mol. The number of halogens is 1. The summed E-state index contributed by atoms with van der Waals surface area (Å²) in [6.07, 6.45) is 0. The molecule has 33 heavy (non-hydrogen) atoms. The minimum atomic E-state index is -0.473. The molecular weight excluding hydrogens is 427 g/mol. The van der Waals surface area contributed by atoms with Gasteiger partial charge in [0.1, 0.15) is 17.3 Å². The number of hydrogen-bond acceptors (Lipinski definition) is 6. The van der Waals surface area contributed by atoms with Crippen molar-refractivity contribution in [1.82, 2.24) is 9.80 Å². The van der Waals surface area contributed by atoms with Crippen molar-refractivity contribution in [3.63, 3.8) is 0 Å². The molecule has 0 unspecified atom stereocenters. The second-order valence-electron chi connectivity index (χ2n) is 7.44. The van der Waals surface area contributed by atoms with Crippen LogP contribution in [0.25, 0.3) is 5.57 Å². The normalized spacial score (nSPS) is 13.8. The molecular formula is C25H29FN2O5. The van der Waals surface area contributed by atoms with Gasteiger partial charge in [0.25, 0.3) is 11.8 Å². The molecule has 7 nitrogen and oxygen atoms in total. The second kappa shape index (κ2) is 11.6. The summed E-state index contributed by atoms with van der Waals surface area (Å²) in [6, 6.07) is 13.1. The Morgan fingerprint density at radius 3 is 2.12 bits per heavy atom. The Bertz CT molecular complexity index is 998. The number of methoxy groups -OCH3 is 2. The van der Waals surface area contributed by atoms with E-state index in [9.17, 15) is 14.0 Å². The number of carbonyl (C=O) groups excluding carboxylic acids is 2. The van der Waals surface area contributed by atoms with Crippen LogP contribution in [0, 0.1) is 5.82 Å². The summed E-state index contributed by atoms with van der Waals surface area (Å²) in [7, 11) is 3.14. The molecule has 1 aliphatic rings. The second-order valence-corrected chi connectivity index (χ2v) is 7.44. The average Bonchev–Trinajstić information content (AvgIpc) is 3.06. The topological polar surface area (TPSA) is 68.3 Å². The molecule has 1 aliphatic heterocycles. The molecule has 0 saturated heterocycles. The van der Waals surface area contributed by atoms with Gasteiger partial charge in [0.05, 0.1) is 31.9 Å². The number of hydrogen-bond donors (Lipinski definition) is 0. The van der Waals surface area contributed by atoms with Crippen LogP contribution in [0.2, 0.25) is 0 Å². The van der Waals surface area contributed by atoms with Crippen molar-refractivity contribution in [2.45, 2.75) is 13.5 Å². The van der Waals surface area contributed by atoms with Crippen molar-refractivity contribution in [2.24, 2.45) is 0 Å². The molecule has 0 aliphatic carbocycles. The summed E-state index contributed by atoms with van der Waals surface area (Å²) in [4.78, 5) is 29.9. The highest BCUT2D eigenvalue weighted by Crippen LogP contribution is 2.33. The van der Waals surface area contributed by atoms with Gasteiger partial charge in [0, 0.05) is 32.9 Å². The van der Waals surface area contributed by atoms with E-state index in [1.807, 2.05) is 6.92 Å². The van der Waals surface area contributed by atoms with E-state index in [1.165, 1.54) is 6.07 Å². The molecule has 1 heterocycles. The molecule has 0 radical (unpaired) electrons. The van der Waals surface area contributed by atoms with Gasteiger partial charge < -0.3 is 19.1 Å². The van der Waals surface area contributed by atoms with Crippen molar-refractivity contribution in [3.8, 4) is 5.75 Å². The summed E-state index contributed by atoms with van der Waals surface area (Å²) in [5, 5.41) is 0. The van der Waals surface area contributed by atoms with Crippen molar-refractivity contribution in [3.05, 3.63) is 71.2 Å². The Morgan fingerprint density at radius 1 is 0.909 bits per heavy atom. The average molecular weight is 457 g/mol. The zero-order valence-corrected chi connectivity index (χ0v) is 19.2. The predicted octanol–water partition coefficient (Wildman–Crippen LogP) is 3.10. The molecule has 0 saturated carbocycles. The van der Waals surface area contributed by atoms with Crippen molar-refractivity contribution in [2.75, 3.05) is 47.1 Å². The Kier molecular flexibility index (Phi) is 8.57. The van der Waals surface area contributed by atoms with Gasteiger partial charge in [-0.2, -0.15) is 0 Å². The van der Waals surface area contributed by atoms with Crippen LogP contribution in [-0.4, -0.2) is 68.7 Å². The zero-order valence-electron chi connectivity index (χ0n) is 19.2. The van der Waals surface area contributed by atoms with Crippen molar-refractivity contribution in [1.29, 1.82) is 0 Å². The fourth-order valence-corrected chi connectivity index (χ4v) is 3.68. The maximum atomic E-state index is 14.3. The summed E-state index contributed by atoms with van der Waals surface area (Å²) in [5.41, 5.74) is 1.38. The lowest BCUT2D eigenvalue weighted by molar-refractivity contribution is -0.138. The van der Waals surface area contributed by atoms with Gasteiger partial charge in [0.2, 0.25) is 0 Å². The van der Waals surface area contributed by atoms with Crippen LogP contribution in [-0.2, 0) is 25.6 Å². The van der Waals surface area contributed by atoms with E-state index in [0.717, 1.165) is 4.90 Å². The summed E-state index contributed by atoms with van der Waals surface area (Å²) in [5.74, 6) is -0.745. The van der Waals surface area contributed by atoms with Crippen LogP contribution in [0.15, 0.2) is 54.2 Å². The first-order valence-corrected chi connectivity index (χ1v) is 10.8. The maximum Gasteiger partial charge on any atom is 0.278 e. The first-order chi connectivity index (χ1) is 16.0. The largest absolute Gasteiger partial charge is 0.494 e. The van der Waals surface area contributed by atoms with E-state index in [4.69, 9.17) is 14.2 Å². The first kappa shape index (κ1) is 24.4. The van der Waals surface area contributed by atoms with Gasteiger partial charge in [-0.05, 0) is 30.7 Å². The van der Waals surface area contributed by atoms with Gasteiger partial charge in [-0.1, -0.05) is 30.3 Å². The lowest BCUT2D eigenvalue weighted by Crippen LogP contribution is -2.37.